The first kappa shape index (κ1) is 21.7. The maximum Gasteiger partial charge on any atom is 0.343 e. The number of carbonyl (C=O) groups excluding carboxylic acids is 2. The van der Waals surface area contributed by atoms with E-state index in [-0.39, 0.29) is 5.75 Å². The van der Waals surface area contributed by atoms with Crippen LogP contribution >= 0.6 is 27.5 Å². The predicted octanol–water partition coefficient (Wildman–Crippen LogP) is 4.51. The van der Waals surface area contributed by atoms with Gasteiger partial charge in [0.25, 0.3) is 5.91 Å². The Morgan fingerprint density at radius 2 is 1.77 bits per heavy atom. The molecule has 3 rings (SSSR count). The van der Waals surface area contributed by atoms with Crippen LogP contribution < -0.4 is 10.2 Å². The van der Waals surface area contributed by atoms with Gasteiger partial charge in [0, 0.05) is 15.1 Å². The summed E-state index contributed by atoms with van der Waals surface area (Å²) in [5.74, 6) is -1.00. The molecule has 0 radical (unpaired) electrons. The zero-order valence-corrected chi connectivity index (χ0v) is 17.8. The maximum absolute atomic E-state index is 12.4. The summed E-state index contributed by atoms with van der Waals surface area (Å²) in [6.45, 7) is 0. The molecule has 2 N–H and O–H groups in total. The van der Waals surface area contributed by atoms with Gasteiger partial charge in [-0.3, -0.25) is 4.79 Å². The van der Waals surface area contributed by atoms with Gasteiger partial charge >= 0.3 is 5.97 Å². The van der Waals surface area contributed by atoms with E-state index in [2.05, 4.69) is 26.5 Å². The van der Waals surface area contributed by atoms with E-state index in [1.807, 2.05) is 0 Å². The van der Waals surface area contributed by atoms with Crippen molar-refractivity contribution in [2.45, 2.75) is 6.10 Å². The molecule has 0 aliphatic heterocycles. The number of benzene rings is 3. The van der Waals surface area contributed by atoms with Gasteiger partial charge in [-0.2, -0.15) is 5.10 Å². The monoisotopic (exact) mass is 486 g/mol. The number of carbonyl (C=O) groups is 2. The molecule has 0 saturated heterocycles. The van der Waals surface area contributed by atoms with Crippen molar-refractivity contribution >= 4 is 45.6 Å². The van der Waals surface area contributed by atoms with Crippen molar-refractivity contribution in [3.05, 3.63) is 99.0 Å². The lowest BCUT2D eigenvalue weighted by molar-refractivity contribution is -0.129. The second-order valence-corrected chi connectivity index (χ2v) is 7.48. The summed E-state index contributed by atoms with van der Waals surface area (Å²) in [4.78, 5) is 24.5. The number of aliphatic hydroxyl groups is 1. The highest BCUT2D eigenvalue weighted by Gasteiger charge is 2.16. The minimum absolute atomic E-state index is 0.250. The summed E-state index contributed by atoms with van der Waals surface area (Å²) in [6.07, 6.45) is -0.0294. The fourth-order valence-electron chi connectivity index (χ4n) is 2.47. The Bertz CT molecular complexity index is 1070. The van der Waals surface area contributed by atoms with Crippen molar-refractivity contribution in [3.8, 4) is 5.75 Å². The Labute approximate surface area is 186 Å². The first-order valence-electron chi connectivity index (χ1n) is 8.77. The van der Waals surface area contributed by atoms with Crippen LogP contribution in [0.2, 0.25) is 5.02 Å². The number of hydrogen-bond acceptors (Lipinski definition) is 5. The third kappa shape index (κ3) is 5.76. The zero-order chi connectivity index (χ0) is 21.5. The molecule has 3 aromatic rings. The van der Waals surface area contributed by atoms with Gasteiger partial charge in [0.05, 0.1) is 11.8 Å². The van der Waals surface area contributed by atoms with E-state index in [9.17, 15) is 14.7 Å². The van der Waals surface area contributed by atoms with Gasteiger partial charge < -0.3 is 9.84 Å². The molecule has 0 aromatic heterocycles. The molecule has 8 heteroatoms. The van der Waals surface area contributed by atoms with Crippen LogP contribution in [0.4, 0.5) is 0 Å². The highest BCUT2D eigenvalue weighted by Crippen LogP contribution is 2.23. The van der Waals surface area contributed by atoms with Crippen LogP contribution in [0.25, 0.3) is 0 Å². The highest BCUT2D eigenvalue weighted by molar-refractivity contribution is 9.10. The molecule has 0 spiro atoms. The SMILES string of the molecule is O=C(Oc1ccc(Br)cc1/C=N\NC(=O)[C@@H](O)c1ccccc1)c1ccc(Cl)cc1. The molecule has 152 valence electrons. The van der Waals surface area contributed by atoms with Crippen molar-refractivity contribution in [2.75, 3.05) is 0 Å². The van der Waals surface area contributed by atoms with Crippen LogP contribution in [-0.4, -0.2) is 23.2 Å². The van der Waals surface area contributed by atoms with Crippen LogP contribution in [0.5, 0.6) is 5.75 Å². The van der Waals surface area contributed by atoms with Crippen molar-refractivity contribution in [2.24, 2.45) is 5.10 Å². The molecule has 0 aliphatic rings. The van der Waals surface area contributed by atoms with E-state index in [0.29, 0.717) is 21.7 Å². The summed E-state index contributed by atoms with van der Waals surface area (Å²) < 4.78 is 6.17. The first-order chi connectivity index (χ1) is 14.4. The van der Waals surface area contributed by atoms with E-state index < -0.39 is 18.0 Å². The second-order valence-electron chi connectivity index (χ2n) is 6.13. The Morgan fingerprint density at radius 1 is 1.07 bits per heavy atom. The number of hydrazone groups is 1. The average molecular weight is 488 g/mol. The third-order valence-corrected chi connectivity index (χ3v) is 4.74. The molecule has 30 heavy (non-hydrogen) atoms. The Balaban J connectivity index is 1.71. The second kappa shape index (κ2) is 10.2. The highest BCUT2D eigenvalue weighted by atomic mass is 79.9. The smallest absolute Gasteiger partial charge is 0.343 e. The minimum Gasteiger partial charge on any atom is -0.422 e. The largest absolute Gasteiger partial charge is 0.422 e. The third-order valence-electron chi connectivity index (χ3n) is 4.00. The fourth-order valence-corrected chi connectivity index (χ4v) is 2.98. The number of ether oxygens (including phenoxy) is 1. The normalized spacial score (nSPS) is 11.8. The Morgan fingerprint density at radius 3 is 2.47 bits per heavy atom. The van der Waals surface area contributed by atoms with E-state index in [0.717, 1.165) is 4.47 Å². The topological polar surface area (TPSA) is 88.0 Å². The van der Waals surface area contributed by atoms with E-state index in [1.54, 1.807) is 72.8 Å². The van der Waals surface area contributed by atoms with Gasteiger partial charge in [0.1, 0.15) is 5.75 Å². The van der Waals surface area contributed by atoms with Crippen LogP contribution in [-0.2, 0) is 4.79 Å². The fraction of sp³-hybridized carbons (Fsp3) is 0.0455. The summed E-state index contributed by atoms with van der Waals surface area (Å²) in [7, 11) is 0. The van der Waals surface area contributed by atoms with Crippen LogP contribution in [0.3, 0.4) is 0 Å². The molecule has 0 aliphatic carbocycles. The molecule has 3 aromatic carbocycles. The van der Waals surface area contributed by atoms with Crippen molar-refractivity contribution in [3.63, 3.8) is 0 Å². The Hall–Kier alpha value is -3.00. The number of halogens is 2. The number of rotatable bonds is 6. The minimum atomic E-state index is -1.35. The molecule has 1 amide bonds. The summed E-state index contributed by atoms with van der Waals surface area (Å²) in [6, 6.07) is 19.8. The number of hydrogen-bond donors (Lipinski definition) is 2. The summed E-state index contributed by atoms with van der Waals surface area (Å²) in [5, 5.41) is 14.5. The van der Waals surface area contributed by atoms with E-state index in [4.69, 9.17) is 16.3 Å². The number of esters is 1. The molecular weight excluding hydrogens is 472 g/mol. The lowest BCUT2D eigenvalue weighted by atomic mass is 10.1. The van der Waals surface area contributed by atoms with Gasteiger partial charge in [-0.25, -0.2) is 10.2 Å². The van der Waals surface area contributed by atoms with Crippen LogP contribution in [0.15, 0.2) is 82.4 Å². The standard InChI is InChI=1S/C22H16BrClN2O4/c23-17-8-11-19(30-22(29)15-6-9-18(24)10-7-15)16(12-17)13-25-26-21(28)20(27)14-4-2-1-3-5-14/h1-13,20,27H,(H,26,28)/b25-13-/t20-/m0/s1. The van der Waals surface area contributed by atoms with Gasteiger partial charge in [-0.15, -0.1) is 0 Å². The number of nitrogens with zero attached hydrogens (tertiary/aromatic N) is 1. The summed E-state index contributed by atoms with van der Waals surface area (Å²) >= 11 is 9.18. The summed E-state index contributed by atoms with van der Waals surface area (Å²) in [5.41, 5.74) is 3.51. The molecule has 6 nitrogen and oxygen atoms in total. The molecule has 0 saturated carbocycles. The molecule has 0 unspecified atom stereocenters. The molecular formula is C22H16BrClN2O4. The number of amides is 1. The lowest BCUT2D eigenvalue weighted by Gasteiger charge is -2.10. The molecule has 0 bridgehead atoms. The number of nitrogens with one attached hydrogen (secondary N) is 1. The van der Waals surface area contributed by atoms with Crippen molar-refractivity contribution < 1.29 is 19.4 Å². The molecule has 0 heterocycles. The van der Waals surface area contributed by atoms with Crippen molar-refractivity contribution in [1.82, 2.24) is 5.43 Å². The average Bonchev–Trinajstić information content (AvgIpc) is 2.76. The van der Waals surface area contributed by atoms with Gasteiger partial charge in [0.2, 0.25) is 0 Å². The quantitative estimate of drug-likeness (QED) is 0.232. The van der Waals surface area contributed by atoms with E-state index in [1.165, 1.54) is 6.21 Å². The van der Waals surface area contributed by atoms with Gasteiger partial charge in [-0.1, -0.05) is 57.9 Å². The maximum atomic E-state index is 12.4. The number of aliphatic hydroxyl groups excluding tert-OH is 1. The van der Waals surface area contributed by atoms with E-state index >= 15 is 0 Å². The zero-order valence-electron chi connectivity index (χ0n) is 15.5. The lowest BCUT2D eigenvalue weighted by Crippen LogP contribution is -2.25. The predicted molar refractivity (Wildman–Crippen MR) is 118 cm³/mol. The first-order valence-corrected chi connectivity index (χ1v) is 9.94. The molecule has 0 fully saturated rings. The van der Waals surface area contributed by atoms with Crippen LogP contribution in [0, 0.1) is 0 Å². The van der Waals surface area contributed by atoms with Crippen LogP contribution in [0.1, 0.15) is 27.6 Å². The van der Waals surface area contributed by atoms with Crippen molar-refractivity contribution in [1.29, 1.82) is 0 Å². The van der Waals surface area contributed by atoms with Gasteiger partial charge in [-0.05, 0) is 48.0 Å². The Kier molecular flexibility index (Phi) is 7.35. The molecule has 1 atom stereocenters. The van der Waals surface area contributed by atoms with Gasteiger partial charge in [0.15, 0.2) is 6.10 Å².